The van der Waals surface area contributed by atoms with Gasteiger partial charge in [0.05, 0.1) is 12.6 Å². The van der Waals surface area contributed by atoms with Crippen molar-refractivity contribution in [2.45, 2.75) is 32.9 Å². The van der Waals surface area contributed by atoms with E-state index < -0.39 is 0 Å². The summed E-state index contributed by atoms with van der Waals surface area (Å²) in [5, 5.41) is 3.11. The Bertz CT molecular complexity index is 710. The monoisotopic (exact) mass is 357 g/mol. The lowest BCUT2D eigenvalue weighted by Gasteiger charge is -2.28. The van der Waals surface area contributed by atoms with Crippen molar-refractivity contribution in [3.63, 3.8) is 0 Å². The smallest absolute Gasteiger partial charge is 0.317 e. The first-order valence-corrected chi connectivity index (χ1v) is 9.14. The molecule has 0 saturated heterocycles. The average Bonchev–Trinajstić information content (AvgIpc) is 2.99. The summed E-state index contributed by atoms with van der Waals surface area (Å²) in [5.41, 5.74) is 2.43. The number of benzene rings is 1. The maximum Gasteiger partial charge on any atom is 0.317 e. The number of rotatable bonds is 8. The molecule has 2 aromatic rings. The van der Waals surface area contributed by atoms with Crippen LogP contribution in [0.2, 0.25) is 0 Å². The van der Waals surface area contributed by atoms with Crippen LogP contribution in [0.1, 0.15) is 36.3 Å². The summed E-state index contributed by atoms with van der Waals surface area (Å²) in [7, 11) is 6.03. The average molecular weight is 358 g/mol. The van der Waals surface area contributed by atoms with Crippen LogP contribution in [0.3, 0.4) is 0 Å². The van der Waals surface area contributed by atoms with Crippen LogP contribution in [0, 0.1) is 6.92 Å². The molecule has 1 unspecified atom stereocenters. The number of aryl methyl sites for hydroxylation is 2. The van der Waals surface area contributed by atoms with E-state index >= 15 is 0 Å². The highest BCUT2D eigenvalue weighted by Gasteiger charge is 2.19. The number of likely N-dealkylation sites (N-methyl/N-ethyl adjacent to an activating group) is 1. The third kappa shape index (κ3) is 5.33. The van der Waals surface area contributed by atoms with Crippen molar-refractivity contribution in [1.29, 1.82) is 0 Å². The zero-order valence-corrected chi connectivity index (χ0v) is 16.6. The number of urea groups is 1. The molecule has 1 N–H and O–H groups in total. The first-order chi connectivity index (χ1) is 12.4. The van der Waals surface area contributed by atoms with E-state index in [4.69, 9.17) is 0 Å². The second-order valence-corrected chi connectivity index (χ2v) is 6.96. The van der Waals surface area contributed by atoms with Crippen molar-refractivity contribution in [2.75, 3.05) is 27.2 Å². The lowest BCUT2D eigenvalue weighted by Crippen LogP contribution is -2.43. The van der Waals surface area contributed by atoms with Gasteiger partial charge in [0.1, 0.15) is 5.82 Å². The van der Waals surface area contributed by atoms with E-state index in [0.29, 0.717) is 19.6 Å². The summed E-state index contributed by atoms with van der Waals surface area (Å²) in [6.45, 7) is 5.95. The Labute approximate surface area is 156 Å². The van der Waals surface area contributed by atoms with Crippen molar-refractivity contribution < 1.29 is 4.79 Å². The maximum absolute atomic E-state index is 12.8. The second-order valence-electron chi connectivity index (χ2n) is 6.96. The van der Waals surface area contributed by atoms with Crippen LogP contribution in [0.4, 0.5) is 4.79 Å². The number of nitrogens with zero attached hydrogens (tertiary/aromatic N) is 4. The Kier molecular flexibility index (Phi) is 7.21. The predicted molar refractivity (Wildman–Crippen MR) is 105 cm³/mol. The van der Waals surface area contributed by atoms with Gasteiger partial charge in [-0.1, -0.05) is 36.8 Å². The van der Waals surface area contributed by atoms with E-state index in [1.165, 1.54) is 11.1 Å². The molecule has 2 rings (SSSR count). The van der Waals surface area contributed by atoms with Crippen molar-refractivity contribution in [3.05, 3.63) is 53.6 Å². The van der Waals surface area contributed by atoms with Gasteiger partial charge in [-0.05, 0) is 33.0 Å². The first kappa shape index (κ1) is 20.0. The molecule has 0 aliphatic rings. The predicted octanol–water partition coefficient (Wildman–Crippen LogP) is 2.95. The highest BCUT2D eigenvalue weighted by molar-refractivity contribution is 5.74. The molecule has 6 heteroatoms. The Morgan fingerprint density at radius 1 is 1.35 bits per heavy atom. The molecule has 2 amide bonds. The van der Waals surface area contributed by atoms with Crippen LogP contribution in [0.5, 0.6) is 0 Å². The fourth-order valence-corrected chi connectivity index (χ4v) is 3.01. The molecule has 142 valence electrons. The Morgan fingerprint density at radius 2 is 2.12 bits per heavy atom. The summed E-state index contributed by atoms with van der Waals surface area (Å²) in [5.74, 6) is 0.886. The normalized spacial score (nSPS) is 12.2. The Hall–Kier alpha value is -2.34. The SMILES string of the molecule is CCCN(Cc1nccn1C)C(=O)NCC(c1cccc(C)c1)N(C)C. The van der Waals surface area contributed by atoms with Crippen LogP contribution >= 0.6 is 0 Å². The van der Waals surface area contributed by atoms with Gasteiger partial charge in [-0.2, -0.15) is 0 Å². The molecular weight excluding hydrogens is 326 g/mol. The number of imidazole rings is 1. The van der Waals surface area contributed by atoms with Crippen LogP contribution in [-0.4, -0.2) is 52.6 Å². The van der Waals surface area contributed by atoms with Crippen molar-refractivity contribution in [1.82, 2.24) is 24.7 Å². The van der Waals surface area contributed by atoms with Crippen LogP contribution in [-0.2, 0) is 13.6 Å². The summed E-state index contributed by atoms with van der Waals surface area (Å²) >= 11 is 0. The summed E-state index contributed by atoms with van der Waals surface area (Å²) in [4.78, 5) is 21.1. The number of hydrogen-bond donors (Lipinski definition) is 1. The fraction of sp³-hybridized carbons (Fsp3) is 0.500. The lowest BCUT2D eigenvalue weighted by molar-refractivity contribution is 0.188. The van der Waals surface area contributed by atoms with E-state index in [2.05, 4.69) is 53.3 Å². The lowest BCUT2D eigenvalue weighted by atomic mass is 10.0. The summed E-state index contributed by atoms with van der Waals surface area (Å²) in [6.07, 6.45) is 4.57. The minimum Gasteiger partial charge on any atom is -0.337 e. The van der Waals surface area contributed by atoms with Crippen LogP contribution in [0.15, 0.2) is 36.7 Å². The van der Waals surface area contributed by atoms with Crippen LogP contribution < -0.4 is 5.32 Å². The van der Waals surface area contributed by atoms with Gasteiger partial charge in [-0.3, -0.25) is 0 Å². The third-order valence-corrected chi connectivity index (χ3v) is 4.53. The maximum atomic E-state index is 12.8. The highest BCUT2D eigenvalue weighted by atomic mass is 16.2. The quantitative estimate of drug-likeness (QED) is 0.790. The summed E-state index contributed by atoms with van der Waals surface area (Å²) < 4.78 is 1.95. The van der Waals surface area contributed by atoms with Gasteiger partial charge in [-0.15, -0.1) is 0 Å². The molecule has 26 heavy (non-hydrogen) atoms. The minimum absolute atomic E-state index is 0.0469. The number of nitrogens with one attached hydrogen (secondary N) is 1. The van der Waals surface area contributed by atoms with Gasteiger partial charge in [0.2, 0.25) is 0 Å². The second kappa shape index (κ2) is 9.38. The largest absolute Gasteiger partial charge is 0.337 e. The molecule has 0 aliphatic carbocycles. The van der Waals surface area contributed by atoms with Crippen molar-refractivity contribution in [2.24, 2.45) is 7.05 Å². The molecule has 6 nitrogen and oxygen atoms in total. The molecule has 0 radical (unpaired) electrons. The first-order valence-electron chi connectivity index (χ1n) is 9.14. The fourth-order valence-electron chi connectivity index (χ4n) is 3.01. The Balaban J connectivity index is 2.03. The van der Waals surface area contributed by atoms with Gasteiger partial charge < -0.3 is 19.7 Å². The number of hydrogen-bond acceptors (Lipinski definition) is 3. The van der Waals surface area contributed by atoms with Gasteiger partial charge >= 0.3 is 6.03 Å². The molecule has 1 aromatic carbocycles. The molecular formula is C20H31N5O. The third-order valence-electron chi connectivity index (χ3n) is 4.53. The van der Waals surface area contributed by atoms with Gasteiger partial charge in [0, 0.05) is 32.5 Å². The molecule has 0 bridgehead atoms. The van der Waals surface area contributed by atoms with Gasteiger partial charge in [0.25, 0.3) is 0 Å². The van der Waals surface area contributed by atoms with Crippen molar-refractivity contribution >= 4 is 6.03 Å². The van der Waals surface area contributed by atoms with Crippen molar-refractivity contribution in [3.8, 4) is 0 Å². The standard InChI is InChI=1S/C20H31N5O/c1-6-11-25(15-19-21-10-12-24(19)5)20(26)22-14-18(23(3)4)17-9-7-8-16(2)13-17/h7-10,12-13,18H,6,11,14-15H2,1-5H3,(H,22,26). The van der Waals surface area contributed by atoms with Gasteiger partial charge in [0.15, 0.2) is 0 Å². The summed E-state index contributed by atoms with van der Waals surface area (Å²) in [6, 6.07) is 8.53. The molecule has 1 heterocycles. The molecule has 0 aliphatic heterocycles. The van der Waals surface area contributed by atoms with E-state index in [9.17, 15) is 4.79 Å². The van der Waals surface area contributed by atoms with E-state index in [-0.39, 0.29) is 12.1 Å². The minimum atomic E-state index is -0.0469. The molecule has 0 spiro atoms. The molecule has 0 saturated carbocycles. The Morgan fingerprint density at radius 3 is 2.69 bits per heavy atom. The molecule has 1 aromatic heterocycles. The highest BCUT2D eigenvalue weighted by Crippen LogP contribution is 2.18. The van der Waals surface area contributed by atoms with Crippen LogP contribution in [0.25, 0.3) is 0 Å². The number of aromatic nitrogens is 2. The zero-order chi connectivity index (χ0) is 19.1. The number of amides is 2. The van der Waals surface area contributed by atoms with Gasteiger partial charge in [-0.25, -0.2) is 9.78 Å². The van der Waals surface area contributed by atoms with E-state index in [1.807, 2.05) is 36.8 Å². The van der Waals surface area contributed by atoms with E-state index in [1.54, 1.807) is 6.20 Å². The topological polar surface area (TPSA) is 53.4 Å². The van der Waals surface area contributed by atoms with E-state index in [0.717, 1.165) is 12.2 Å². The number of carbonyl (C=O) groups excluding carboxylic acids is 1. The number of carbonyl (C=O) groups is 1. The molecule has 0 fully saturated rings. The molecule has 1 atom stereocenters. The zero-order valence-electron chi connectivity index (χ0n) is 16.6.